The number of carbonyl (C=O) groups excluding carboxylic acids is 1. The lowest BCUT2D eigenvalue weighted by molar-refractivity contribution is 0.0979. The van der Waals surface area contributed by atoms with Crippen molar-refractivity contribution in [1.29, 1.82) is 0 Å². The maximum absolute atomic E-state index is 12.8. The van der Waals surface area contributed by atoms with Crippen LogP contribution in [-0.2, 0) is 14.8 Å². The number of nitrogens with zero attached hydrogens (tertiary/aromatic N) is 2. The number of aromatic nitrogens is 1. The highest BCUT2D eigenvalue weighted by atomic mass is 32.2. The standard InChI is InChI=1S/C22H25N3O4S2/c1-14-6-11-19-20(15(14)2)23-22(30-19)24-21(26)16-7-9-18(10-8-16)31(27,28)25(3)13-17-5-4-12-29-17/h6-11,17H,4-5,12-13H2,1-3H3,(H,23,24,26). The lowest BCUT2D eigenvalue weighted by Crippen LogP contribution is -2.34. The number of nitrogens with one attached hydrogen (secondary N) is 1. The largest absolute Gasteiger partial charge is 0.377 e. The minimum absolute atomic E-state index is 0.0638. The van der Waals surface area contributed by atoms with E-state index in [4.69, 9.17) is 4.74 Å². The zero-order valence-electron chi connectivity index (χ0n) is 17.7. The molecule has 2 heterocycles. The second-order valence-electron chi connectivity index (χ2n) is 7.77. The molecule has 7 nitrogen and oxygen atoms in total. The van der Waals surface area contributed by atoms with Crippen LogP contribution in [0, 0.1) is 13.8 Å². The number of fused-ring (bicyclic) bond motifs is 1. The van der Waals surface area contributed by atoms with E-state index < -0.39 is 10.0 Å². The van der Waals surface area contributed by atoms with Gasteiger partial charge in [-0.05, 0) is 68.1 Å². The van der Waals surface area contributed by atoms with Crippen LogP contribution in [0.2, 0.25) is 0 Å². The van der Waals surface area contributed by atoms with Crippen molar-refractivity contribution in [3.63, 3.8) is 0 Å². The van der Waals surface area contributed by atoms with Gasteiger partial charge in [0.25, 0.3) is 5.91 Å². The van der Waals surface area contributed by atoms with Gasteiger partial charge >= 0.3 is 0 Å². The van der Waals surface area contributed by atoms with Gasteiger partial charge < -0.3 is 4.74 Å². The molecule has 0 bridgehead atoms. The molecule has 1 atom stereocenters. The Hall–Kier alpha value is -2.33. The molecule has 0 saturated carbocycles. The number of thiazole rings is 1. The molecule has 9 heteroatoms. The van der Waals surface area contributed by atoms with Crippen LogP contribution in [0.4, 0.5) is 5.13 Å². The zero-order valence-corrected chi connectivity index (χ0v) is 19.3. The molecule has 1 N–H and O–H groups in total. The predicted molar refractivity (Wildman–Crippen MR) is 122 cm³/mol. The molecule has 0 spiro atoms. The number of benzene rings is 2. The fourth-order valence-electron chi connectivity index (χ4n) is 3.58. The van der Waals surface area contributed by atoms with E-state index in [-0.39, 0.29) is 16.9 Å². The average Bonchev–Trinajstić information content (AvgIpc) is 3.41. The molecule has 3 aromatic rings. The second-order valence-corrected chi connectivity index (χ2v) is 10.8. The maximum Gasteiger partial charge on any atom is 0.257 e. The summed E-state index contributed by atoms with van der Waals surface area (Å²) < 4.78 is 33.5. The van der Waals surface area contributed by atoms with E-state index in [1.807, 2.05) is 26.0 Å². The monoisotopic (exact) mass is 459 g/mol. The highest BCUT2D eigenvalue weighted by Crippen LogP contribution is 2.30. The third-order valence-electron chi connectivity index (χ3n) is 5.61. The smallest absolute Gasteiger partial charge is 0.257 e. The molecular weight excluding hydrogens is 434 g/mol. The molecule has 1 aromatic heterocycles. The van der Waals surface area contributed by atoms with Crippen molar-refractivity contribution < 1.29 is 17.9 Å². The van der Waals surface area contributed by atoms with Crippen LogP contribution >= 0.6 is 11.3 Å². The molecule has 2 aromatic carbocycles. The van der Waals surface area contributed by atoms with Crippen LogP contribution in [0.1, 0.15) is 34.3 Å². The van der Waals surface area contributed by atoms with Gasteiger partial charge in [-0.15, -0.1) is 0 Å². The SMILES string of the molecule is Cc1ccc2sc(NC(=O)c3ccc(S(=O)(=O)N(C)CC4CCCO4)cc3)nc2c1C. The first-order valence-corrected chi connectivity index (χ1v) is 12.4. The molecule has 31 heavy (non-hydrogen) atoms. The Morgan fingerprint density at radius 2 is 1.97 bits per heavy atom. The van der Waals surface area contributed by atoms with Crippen molar-refractivity contribution in [3.8, 4) is 0 Å². The van der Waals surface area contributed by atoms with Crippen LogP contribution in [0.5, 0.6) is 0 Å². The molecule has 1 fully saturated rings. The van der Waals surface area contributed by atoms with Gasteiger partial charge in [0.15, 0.2) is 5.13 Å². The molecule has 164 valence electrons. The molecule has 0 aliphatic carbocycles. The third kappa shape index (κ3) is 4.50. The van der Waals surface area contributed by atoms with Crippen LogP contribution in [0.15, 0.2) is 41.3 Å². The summed E-state index contributed by atoms with van der Waals surface area (Å²) in [5.74, 6) is -0.329. The first kappa shape index (κ1) is 21.9. The summed E-state index contributed by atoms with van der Waals surface area (Å²) in [5, 5.41) is 3.33. The number of aryl methyl sites for hydroxylation is 2. The Balaban J connectivity index is 1.47. The maximum atomic E-state index is 12.8. The summed E-state index contributed by atoms with van der Waals surface area (Å²) in [6.45, 7) is 5.04. The van der Waals surface area contributed by atoms with Gasteiger partial charge in [-0.2, -0.15) is 4.31 Å². The Morgan fingerprint density at radius 3 is 2.65 bits per heavy atom. The van der Waals surface area contributed by atoms with E-state index in [0.717, 1.165) is 34.2 Å². The Kier molecular flexibility index (Phi) is 6.11. The van der Waals surface area contributed by atoms with E-state index in [1.54, 1.807) is 7.05 Å². The summed E-state index contributed by atoms with van der Waals surface area (Å²) in [6.07, 6.45) is 1.76. The van der Waals surface area contributed by atoms with Gasteiger partial charge in [-0.3, -0.25) is 10.1 Å². The van der Waals surface area contributed by atoms with Gasteiger partial charge in [0.1, 0.15) is 0 Å². The summed E-state index contributed by atoms with van der Waals surface area (Å²) in [7, 11) is -2.09. The number of sulfonamides is 1. The number of hydrogen-bond acceptors (Lipinski definition) is 6. The summed E-state index contributed by atoms with van der Waals surface area (Å²) >= 11 is 1.41. The Labute approximate surface area is 186 Å². The van der Waals surface area contributed by atoms with Gasteiger partial charge in [0, 0.05) is 25.8 Å². The number of hydrogen-bond donors (Lipinski definition) is 1. The topological polar surface area (TPSA) is 88.6 Å². The van der Waals surface area contributed by atoms with Crippen LogP contribution in [0.25, 0.3) is 10.2 Å². The molecule has 1 aliphatic rings. The van der Waals surface area contributed by atoms with Gasteiger partial charge in [-0.25, -0.2) is 13.4 Å². The summed E-state index contributed by atoms with van der Waals surface area (Å²) in [5.41, 5.74) is 3.50. The van der Waals surface area contributed by atoms with Gasteiger partial charge in [-0.1, -0.05) is 17.4 Å². The molecule has 1 amide bonds. The van der Waals surface area contributed by atoms with Crippen molar-refractivity contribution in [3.05, 3.63) is 53.1 Å². The van der Waals surface area contributed by atoms with Crippen molar-refractivity contribution in [2.75, 3.05) is 25.5 Å². The van der Waals surface area contributed by atoms with Gasteiger partial charge in [0.05, 0.1) is 21.2 Å². The van der Waals surface area contributed by atoms with Crippen LogP contribution < -0.4 is 5.32 Å². The van der Waals surface area contributed by atoms with Gasteiger partial charge in [0.2, 0.25) is 10.0 Å². The predicted octanol–water partition coefficient (Wildman–Crippen LogP) is 3.96. The number of amides is 1. The van der Waals surface area contributed by atoms with Crippen molar-refractivity contribution in [1.82, 2.24) is 9.29 Å². The second kappa shape index (κ2) is 8.66. The Morgan fingerprint density at radius 1 is 1.23 bits per heavy atom. The third-order valence-corrected chi connectivity index (χ3v) is 8.39. The number of carbonyl (C=O) groups is 1. The number of ether oxygens (including phenoxy) is 1. The average molecular weight is 460 g/mol. The van der Waals surface area contributed by atoms with Crippen LogP contribution in [-0.4, -0.2) is 49.9 Å². The zero-order chi connectivity index (χ0) is 22.2. The lowest BCUT2D eigenvalue weighted by Gasteiger charge is -2.20. The molecule has 0 radical (unpaired) electrons. The number of rotatable bonds is 6. The molecule has 1 unspecified atom stereocenters. The van der Waals surface area contributed by atoms with Crippen molar-refractivity contribution >= 4 is 42.6 Å². The first-order chi connectivity index (χ1) is 14.8. The number of likely N-dealkylation sites (N-methyl/N-ethyl adjacent to an activating group) is 1. The molecule has 1 saturated heterocycles. The minimum atomic E-state index is -3.64. The quantitative estimate of drug-likeness (QED) is 0.603. The fourth-order valence-corrected chi connectivity index (χ4v) is 5.70. The van der Waals surface area contributed by atoms with E-state index in [1.165, 1.54) is 39.9 Å². The van der Waals surface area contributed by atoms with Crippen LogP contribution in [0.3, 0.4) is 0 Å². The number of anilines is 1. The molecule has 4 rings (SSSR count). The van der Waals surface area contributed by atoms with Crippen molar-refractivity contribution in [2.45, 2.75) is 37.7 Å². The van der Waals surface area contributed by atoms with Crippen molar-refractivity contribution in [2.24, 2.45) is 0 Å². The fraction of sp³-hybridized carbons (Fsp3) is 0.364. The van der Waals surface area contributed by atoms with E-state index in [9.17, 15) is 13.2 Å². The highest BCUT2D eigenvalue weighted by molar-refractivity contribution is 7.89. The summed E-state index contributed by atoms with van der Waals surface area (Å²) in [6, 6.07) is 9.99. The molecule has 1 aliphatic heterocycles. The lowest BCUT2D eigenvalue weighted by atomic mass is 10.1. The summed E-state index contributed by atoms with van der Waals surface area (Å²) in [4.78, 5) is 17.3. The highest BCUT2D eigenvalue weighted by Gasteiger charge is 2.26. The Bertz CT molecular complexity index is 1210. The minimum Gasteiger partial charge on any atom is -0.377 e. The van der Waals surface area contributed by atoms with E-state index in [0.29, 0.717) is 23.8 Å². The molecular formula is C22H25N3O4S2. The normalized spacial score (nSPS) is 16.8. The van der Waals surface area contributed by atoms with E-state index >= 15 is 0 Å². The first-order valence-electron chi connectivity index (χ1n) is 10.1. The van der Waals surface area contributed by atoms with E-state index in [2.05, 4.69) is 10.3 Å².